The molecule has 1 rings (SSSR count). The lowest BCUT2D eigenvalue weighted by Gasteiger charge is -2.18. The van der Waals surface area contributed by atoms with E-state index in [0.717, 1.165) is 24.0 Å². The van der Waals surface area contributed by atoms with Gasteiger partial charge in [0, 0.05) is 26.2 Å². The Hall–Kier alpha value is -0.910. The minimum absolute atomic E-state index is 0.372. The Labute approximate surface area is 129 Å². The van der Waals surface area contributed by atoms with Crippen molar-refractivity contribution in [2.75, 3.05) is 13.6 Å². The van der Waals surface area contributed by atoms with Crippen molar-refractivity contribution in [1.82, 2.24) is 9.62 Å². The minimum Gasteiger partial charge on any atom is -0.310 e. The van der Waals surface area contributed by atoms with Crippen molar-refractivity contribution in [3.05, 3.63) is 29.3 Å². The Morgan fingerprint density at radius 3 is 2.52 bits per heavy atom. The third-order valence-electron chi connectivity index (χ3n) is 3.56. The second-order valence-corrected chi connectivity index (χ2v) is 7.85. The number of nitrogens with zero attached hydrogens (tertiary/aromatic N) is 1. The van der Waals surface area contributed by atoms with Gasteiger partial charge in [0.1, 0.15) is 0 Å². The van der Waals surface area contributed by atoms with Crippen molar-refractivity contribution in [2.24, 2.45) is 0 Å². The van der Waals surface area contributed by atoms with Crippen LogP contribution < -0.4 is 5.32 Å². The standard InChI is InChI=1S/C16H28N2O2S/c1-6-7-10-18(5)21(19,20)16-9-8-14(4)15(11-16)12-17-13(2)3/h8-9,11,13,17H,6-7,10,12H2,1-5H3. The molecule has 0 heterocycles. The maximum atomic E-state index is 12.5. The molecule has 0 aromatic heterocycles. The number of sulfonamides is 1. The van der Waals surface area contributed by atoms with Crippen LogP contribution in [0.3, 0.4) is 0 Å². The van der Waals surface area contributed by atoms with E-state index in [1.807, 2.05) is 13.0 Å². The first-order chi connectivity index (χ1) is 9.78. The highest BCUT2D eigenvalue weighted by Crippen LogP contribution is 2.19. The van der Waals surface area contributed by atoms with Crippen LogP contribution in [0.4, 0.5) is 0 Å². The van der Waals surface area contributed by atoms with Gasteiger partial charge in [-0.25, -0.2) is 12.7 Å². The van der Waals surface area contributed by atoms with Crippen molar-refractivity contribution in [3.63, 3.8) is 0 Å². The maximum Gasteiger partial charge on any atom is 0.242 e. The van der Waals surface area contributed by atoms with E-state index in [-0.39, 0.29) is 0 Å². The van der Waals surface area contributed by atoms with Crippen LogP contribution >= 0.6 is 0 Å². The molecule has 1 N–H and O–H groups in total. The van der Waals surface area contributed by atoms with Crippen molar-refractivity contribution in [3.8, 4) is 0 Å². The molecular weight excluding hydrogens is 284 g/mol. The summed E-state index contributed by atoms with van der Waals surface area (Å²) in [6.07, 6.45) is 1.86. The number of hydrogen-bond donors (Lipinski definition) is 1. The lowest BCUT2D eigenvalue weighted by molar-refractivity contribution is 0.459. The quantitative estimate of drug-likeness (QED) is 0.803. The summed E-state index contributed by atoms with van der Waals surface area (Å²) in [6, 6.07) is 5.75. The highest BCUT2D eigenvalue weighted by Gasteiger charge is 2.20. The van der Waals surface area contributed by atoms with E-state index in [1.165, 1.54) is 4.31 Å². The molecule has 0 saturated carbocycles. The van der Waals surface area contributed by atoms with Crippen LogP contribution in [0.15, 0.2) is 23.1 Å². The van der Waals surface area contributed by atoms with Gasteiger partial charge in [-0.2, -0.15) is 0 Å². The molecule has 0 fully saturated rings. The summed E-state index contributed by atoms with van der Waals surface area (Å²) < 4.78 is 26.5. The summed E-state index contributed by atoms with van der Waals surface area (Å²) in [7, 11) is -1.73. The third kappa shape index (κ3) is 5.09. The number of unbranched alkanes of at least 4 members (excludes halogenated alkanes) is 1. The second kappa shape index (κ2) is 7.92. The van der Waals surface area contributed by atoms with Gasteiger partial charge in [0.15, 0.2) is 0 Å². The van der Waals surface area contributed by atoms with Gasteiger partial charge in [-0.1, -0.05) is 33.3 Å². The molecular formula is C16H28N2O2S. The Bertz CT molecular complexity index is 553. The minimum atomic E-state index is -3.38. The lowest BCUT2D eigenvalue weighted by Crippen LogP contribution is -2.28. The zero-order chi connectivity index (χ0) is 16.0. The Morgan fingerprint density at radius 1 is 1.29 bits per heavy atom. The zero-order valence-electron chi connectivity index (χ0n) is 13.8. The number of benzene rings is 1. The van der Waals surface area contributed by atoms with Crippen LogP contribution in [-0.2, 0) is 16.6 Å². The van der Waals surface area contributed by atoms with Crippen LogP contribution in [-0.4, -0.2) is 32.4 Å². The van der Waals surface area contributed by atoms with Crippen LogP contribution in [0.5, 0.6) is 0 Å². The zero-order valence-corrected chi connectivity index (χ0v) is 14.6. The van der Waals surface area contributed by atoms with Crippen LogP contribution in [0.1, 0.15) is 44.7 Å². The first-order valence-electron chi connectivity index (χ1n) is 7.58. The lowest BCUT2D eigenvalue weighted by atomic mass is 10.1. The summed E-state index contributed by atoms with van der Waals surface area (Å²) >= 11 is 0. The molecule has 0 radical (unpaired) electrons. The molecule has 0 spiro atoms. The van der Waals surface area contributed by atoms with E-state index in [9.17, 15) is 8.42 Å². The third-order valence-corrected chi connectivity index (χ3v) is 5.41. The molecule has 0 unspecified atom stereocenters. The predicted molar refractivity (Wildman–Crippen MR) is 87.9 cm³/mol. The molecule has 1 aromatic carbocycles. The van der Waals surface area contributed by atoms with E-state index in [2.05, 4.69) is 26.1 Å². The van der Waals surface area contributed by atoms with E-state index in [4.69, 9.17) is 0 Å². The first-order valence-corrected chi connectivity index (χ1v) is 9.02. The fourth-order valence-corrected chi connectivity index (χ4v) is 3.25. The summed E-state index contributed by atoms with van der Waals surface area (Å²) in [6.45, 7) is 9.47. The largest absolute Gasteiger partial charge is 0.310 e. The SMILES string of the molecule is CCCCN(C)S(=O)(=O)c1ccc(C)c(CNC(C)C)c1. The van der Waals surface area contributed by atoms with Gasteiger partial charge in [0.05, 0.1) is 4.90 Å². The van der Waals surface area contributed by atoms with Crippen molar-refractivity contribution in [1.29, 1.82) is 0 Å². The fourth-order valence-electron chi connectivity index (χ4n) is 1.99. The van der Waals surface area contributed by atoms with Gasteiger partial charge in [0.2, 0.25) is 10.0 Å². The second-order valence-electron chi connectivity index (χ2n) is 5.80. The van der Waals surface area contributed by atoms with E-state index >= 15 is 0 Å². The summed E-state index contributed by atoms with van der Waals surface area (Å²) in [4.78, 5) is 0.382. The van der Waals surface area contributed by atoms with Gasteiger partial charge in [0.25, 0.3) is 0 Å². The molecule has 0 aliphatic heterocycles. The van der Waals surface area contributed by atoms with Gasteiger partial charge in [-0.05, 0) is 36.6 Å². The molecule has 120 valence electrons. The predicted octanol–water partition coefficient (Wildman–Crippen LogP) is 2.91. The average molecular weight is 312 g/mol. The van der Waals surface area contributed by atoms with Gasteiger partial charge < -0.3 is 5.32 Å². The molecule has 0 aliphatic rings. The van der Waals surface area contributed by atoms with Gasteiger partial charge in [-0.3, -0.25) is 0 Å². The van der Waals surface area contributed by atoms with Crippen LogP contribution in [0.2, 0.25) is 0 Å². The fraction of sp³-hybridized carbons (Fsp3) is 0.625. The molecule has 0 atom stereocenters. The molecule has 0 saturated heterocycles. The highest BCUT2D eigenvalue weighted by atomic mass is 32.2. The number of rotatable bonds is 8. The van der Waals surface area contributed by atoms with E-state index < -0.39 is 10.0 Å². The van der Waals surface area contributed by atoms with Crippen molar-refractivity contribution >= 4 is 10.0 Å². The Kier molecular flexibility index (Phi) is 6.84. The summed E-state index contributed by atoms with van der Waals surface area (Å²) in [5.74, 6) is 0. The highest BCUT2D eigenvalue weighted by molar-refractivity contribution is 7.89. The first kappa shape index (κ1) is 18.1. The number of aryl methyl sites for hydroxylation is 1. The summed E-state index contributed by atoms with van der Waals surface area (Å²) in [5, 5.41) is 3.34. The van der Waals surface area contributed by atoms with Crippen molar-refractivity contribution in [2.45, 2.75) is 58.0 Å². The average Bonchev–Trinajstić information content (AvgIpc) is 2.43. The van der Waals surface area contributed by atoms with E-state index in [0.29, 0.717) is 24.0 Å². The molecule has 1 aromatic rings. The molecule has 0 amide bonds. The number of hydrogen-bond acceptors (Lipinski definition) is 3. The normalized spacial score (nSPS) is 12.3. The molecule has 4 nitrogen and oxygen atoms in total. The molecule has 0 aliphatic carbocycles. The molecule has 5 heteroatoms. The molecule has 21 heavy (non-hydrogen) atoms. The smallest absolute Gasteiger partial charge is 0.242 e. The topological polar surface area (TPSA) is 49.4 Å². The van der Waals surface area contributed by atoms with E-state index in [1.54, 1.807) is 19.2 Å². The van der Waals surface area contributed by atoms with Crippen molar-refractivity contribution < 1.29 is 8.42 Å². The monoisotopic (exact) mass is 312 g/mol. The summed E-state index contributed by atoms with van der Waals surface area (Å²) in [5.41, 5.74) is 2.15. The Morgan fingerprint density at radius 2 is 1.95 bits per heavy atom. The maximum absolute atomic E-state index is 12.5. The van der Waals surface area contributed by atoms with Gasteiger partial charge >= 0.3 is 0 Å². The van der Waals surface area contributed by atoms with Gasteiger partial charge in [-0.15, -0.1) is 0 Å². The van der Waals surface area contributed by atoms with Crippen LogP contribution in [0, 0.1) is 6.92 Å². The Balaban J connectivity index is 2.99. The van der Waals surface area contributed by atoms with Crippen LogP contribution in [0.25, 0.3) is 0 Å². The number of nitrogens with one attached hydrogen (secondary N) is 1. The molecule has 0 bridgehead atoms.